The van der Waals surface area contributed by atoms with Crippen LogP contribution in [0.1, 0.15) is 95.5 Å². The summed E-state index contributed by atoms with van der Waals surface area (Å²) in [6, 6.07) is -0.330. The first-order valence-electron chi connectivity index (χ1n) is 14.2. The molecule has 16 heteroatoms. The van der Waals surface area contributed by atoms with Crippen LogP contribution in [0.3, 0.4) is 0 Å². The van der Waals surface area contributed by atoms with Crippen molar-refractivity contribution in [2.45, 2.75) is 118 Å². The van der Waals surface area contributed by atoms with Crippen LogP contribution in [0.15, 0.2) is 6.33 Å². The summed E-state index contributed by atoms with van der Waals surface area (Å²) in [5.41, 5.74) is -3.20. The van der Waals surface area contributed by atoms with Crippen LogP contribution in [0.4, 0.5) is 5.82 Å². The lowest BCUT2D eigenvalue weighted by Gasteiger charge is -2.33. The average Bonchev–Trinajstić information content (AvgIpc) is 3.31. The second-order valence-electron chi connectivity index (χ2n) is 14.8. The highest BCUT2D eigenvalue weighted by Gasteiger charge is 2.59. The third kappa shape index (κ3) is 10.4. The van der Waals surface area contributed by atoms with Crippen molar-refractivity contribution < 1.29 is 36.3 Å². The Morgan fingerprint density at radius 1 is 0.837 bits per heavy atom. The van der Waals surface area contributed by atoms with Gasteiger partial charge in [0.15, 0.2) is 17.0 Å². The second kappa shape index (κ2) is 12.2. The lowest BCUT2D eigenvalue weighted by molar-refractivity contribution is -0.0172. The van der Waals surface area contributed by atoms with Crippen molar-refractivity contribution in [3.63, 3.8) is 0 Å². The molecule has 0 bridgehead atoms. The first-order valence-corrected chi connectivity index (χ1v) is 17.5. The Morgan fingerprint density at radius 2 is 1.26 bits per heavy atom. The fraction of sp³-hybridized carbons (Fsp3) is 0.815. The number of imidazole rings is 1. The Bertz CT molecular complexity index is 1300. The van der Waals surface area contributed by atoms with Crippen LogP contribution in [0.5, 0.6) is 0 Å². The molecule has 1 saturated carbocycles. The largest absolute Gasteiger partial charge is 0.475 e. The minimum atomic E-state index is -4.09. The van der Waals surface area contributed by atoms with E-state index < -0.39 is 43.5 Å². The highest BCUT2D eigenvalue weighted by molar-refractivity contribution is 7.48. The first kappa shape index (κ1) is 36.3. The summed E-state index contributed by atoms with van der Waals surface area (Å²) < 4.78 is 65.2. The van der Waals surface area contributed by atoms with Gasteiger partial charge in [-0.25, -0.2) is 14.1 Å². The van der Waals surface area contributed by atoms with Gasteiger partial charge < -0.3 is 9.88 Å². The molecule has 43 heavy (non-hydrogen) atoms. The zero-order valence-corrected chi connectivity index (χ0v) is 30.1. The van der Waals surface area contributed by atoms with E-state index in [1.54, 1.807) is 96.5 Å². The van der Waals surface area contributed by atoms with E-state index >= 15 is 0 Å². The Morgan fingerprint density at radius 3 is 1.63 bits per heavy atom. The van der Waals surface area contributed by atoms with Gasteiger partial charge in [-0.1, -0.05) is 0 Å². The lowest BCUT2D eigenvalue weighted by atomic mass is 10.1. The number of phosphoric acid groups is 2. The molecular formula is C27H48ClN5O8P2. The maximum absolute atomic E-state index is 14.0. The fourth-order valence-corrected chi connectivity index (χ4v) is 8.23. The maximum atomic E-state index is 14.0. The van der Waals surface area contributed by atoms with Crippen molar-refractivity contribution in [1.82, 2.24) is 19.5 Å². The Labute approximate surface area is 260 Å². The lowest BCUT2D eigenvalue weighted by Crippen LogP contribution is -2.28. The zero-order chi connectivity index (χ0) is 32.9. The molecule has 0 spiro atoms. The number of phosphoric ester groups is 2. The molecular weight excluding hydrogens is 620 g/mol. The predicted molar refractivity (Wildman–Crippen MR) is 166 cm³/mol. The number of fused-ring (bicyclic) bond motifs is 1. The summed E-state index contributed by atoms with van der Waals surface area (Å²) in [5.74, 6) is 0.468. The molecule has 2 aromatic heterocycles. The van der Waals surface area contributed by atoms with Gasteiger partial charge in [0.2, 0.25) is 5.28 Å². The number of anilines is 1. The van der Waals surface area contributed by atoms with Crippen LogP contribution < -0.4 is 5.32 Å². The first-order chi connectivity index (χ1) is 19.3. The van der Waals surface area contributed by atoms with Gasteiger partial charge in [-0.05, 0) is 101 Å². The molecule has 246 valence electrons. The van der Waals surface area contributed by atoms with Crippen LogP contribution in [0, 0.1) is 5.41 Å². The van der Waals surface area contributed by atoms with Crippen molar-refractivity contribution in [1.29, 1.82) is 0 Å². The van der Waals surface area contributed by atoms with Crippen molar-refractivity contribution in [2.75, 3.05) is 25.6 Å². The highest BCUT2D eigenvalue weighted by Crippen LogP contribution is 2.65. The summed E-state index contributed by atoms with van der Waals surface area (Å²) in [5, 5.41) is 3.02. The van der Waals surface area contributed by atoms with Crippen molar-refractivity contribution in [3.8, 4) is 0 Å². The molecule has 1 aliphatic carbocycles. The van der Waals surface area contributed by atoms with Gasteiger partial charge in [-0.3, -0.25) is 27.1 Å². The van der Waals surface area contributed by atoms with Gasteiger partial charge in [0, 0.05) is 18.5 Å². The topological polar surface area (TPSA) is 145 Å². The summed E-state index contributed by atoms with van der Waals surface area (Å²) in [7, 11) is -6.47. The van der Waals surface area contributed by atoms with E-state index in [1.165, 1.54) is 0 Å². The molecule has 1 unspecified atom stereocenters. The molecule has 0 aliphatic heterocycles. The van der Waals surface area contributed by atoms with Crippen molar-refractivity contribution in [3.05, 3.63) is 11.6 Å². The Kier molecular flexibility index (Phi) is 10.3. The molecule has 3 rings (SSSR count). The number of hydrogen-bond donors (Lipinski definition) is 1. The second-order valence-corrected chi connectivity index (χ2v) is 18.1. The number of halogens is 1. The minimum absolute atomic E-state index is 0.0423. The Balaban J connectivity index is 2.02. The van der Waals surface area contributed by atoms with Crippen LogP contribution in [-0.2, 0) is 36.3 Å². The van der Waals surface area contributed by atoms with Gasteiger partial charge in [-0.2, -0.15) is 9.97 Å². The molecule has 1 aliphatic rings. The summed E-state index contributed by atoms with van der Waals surface area (Å²) in [6.45, 7) is 20.9. The molecule has 0 amide bonds. The normalized spacial score (nSPS) is 18.3. The van der Waals surface area contributed by atoms with E-state index in [0.717, 1.165) is 0 Å². The third-order valence-electron chi connectivity index (χ3n) is 5.68. The van der Waals surface area contributed by atoms with Crippen LogP contribution in [-0.4, -0.2) is 62.2 Å². The summed E-state index contributed by atoms with van der Waals surface area (Å²) in [6.07, 6.45) is 2.09. The van der Waals surface area contributed by atoms with Crippen LogP contribution in [0.2, 0.25) is 5.28 Å². The fourth-order valence-electron chi connectivity index (χ4n) is 4.26. The SMILES string of the molecule is CNc1nc(Cl)nc2c1ncn2C1CC1(COP(=O)(OC(C)(C)C)OC(C)(C)C)COP(=O)(OC(C)(C)C)OC(C)(C)C. The van der Waals surface area contributed by atoms with Gasteiger partial charge in [-0.15, -0.1) is 0 Å². The predicted octanol–water partition coefficient (Wildman–Crippen LogP) is 7.96. The van der Waals surface area contributed by atoms with Gasteiger partial charge in [0.05, 0.1) is 41.9 Å². The monoisotopic (exact) mass is 667 g/mol. The summed E-state index contributed by atoms with van der Waals surface area (Å²) in [4.78, 5) is 13.1. The van der Waals surface area contributed by atoms with Crippen molar-refractivity contribution in [2.24, 2.45) is 5.41 Å². The van der Waals surface area contributed by atoms with Gasteiger partial charge in [0.1, 0.15) is 0 Å². The molecule has 0 aromatic carbocycles. The molecule has 2 heterocycles. The van der Waals surface area contributed by atoms with Gasteiger partial charge >= 0.3 is 15.6 Å². The highest BCUT2D eigenvalue weighted by atomic mass is 35.5. The van der Waals surface area contributed by atoms with Crippen LogP contribution >= 0.6 is 27.2 Å². The number of nitrogens with zero attached hydrogens (tertiary/aromatic N) is 4. The molecule has 1 fully saturated rings. The minimum Gasteiger partial charge on any atom is -0.371 e. The third-order valence-corrected chi connectivity index (χ3v) is 9.82. The van der Waals surface area contributed by atoms with E-state index in [9.17, 15) is 9.13 Å². The van der Waals surface area contributed by atoms with Crippen LogP contribution in [0.25, 0.3) is 11.2 Å². The molecule has 0 radical (unpaired) electrons. The smallest absolute Gasteiger partial charge is 0.371 e. The molecule has 13 nitrogen and oxygen atoms in total. The van der Waals surface area contributed by atoms with E-state index in [0.29, 0.717) is 23.4 Å². The van der Waals surface area contributed by atoms with Gasteiger partial charge in [0.25, 0.3) is 0 Å². The molecule has 2 aromatic rings. The van der Waals surface area contributed by atoms with E-state index in [2.05, 4.69) is 20.3 Å². The number of nitrogens with one attached hydrogen (secondary N) is 1. The molecule has 1 N–H and O–H groups in total. The van der Waals surface area contributed by atoms with Crippen molar-refractivity contribution >= 4 is 44.2 Å². The van der Waals surface area contributed by atoms with E-state index in [-0.39, 0.29) is 24.5 Å². The number of hydrogen-bond acceptors (Lipinski definition) is 12. The average molecular weight is 668 g/mol. The van der Waals surface area contributed by atoms with E-state index in [4.69, 9.17) is 38.7 Å². The van der Waals surface area contributed by atoms with E-state index in [1.807, 2.05) is 4.57 Å². The Hall–Kier alpha value is -1.14. The maximum Gasteiger partial charge on any atom is 0.475 e. The standard InChI is InChI=1S/C27H48ClN5O8P2/c1-23(2,3)38-42(34,39-24(4,5)6)36-15-27(16-37-43(35,40-25(7,8)9)41-26(10,11)12)14-18(27)33-17-30-19-20(29-13)31-22(28)32-21(19)33/h17-18H,14-16H2,1-13H3,(H,29,31,32). The zero-order valence-electron chi connectivity index (χ0n) is 27.6. The quantitative estimate of drug-likeness (QED) is 0.173. The number of aromatic nitrogens is 4. The molecule has 1 atom stereocenters. The number of rotatable bonds is 12. The molecule has 0 saturated heterocycles. The summed E-state index contributed by atoms with van der Waals surface area (Å²) >= 11 is 6.22.